The second-order valence-electron chi connectivity index (χ2n) is 7.29. The molecule has 0 spiro atoms. The highest BCUT2D eigenvalue weighted by Crippen LogP contribution is 2.29. The summed E-state index contributed by atoms with van der Waals surface area (Å²) in [5.41, 5.74) is 3.41. The Kier molecular flexibility index (Phi) is 5.67. The van der Waals surface area contributed by atoms with Gasteiger partial charge in [0.1, 0.15) is 5.65 Å². The highest BCUT2D eigenvalue weighted by Gasteiger charge is 2.18. The molecular weight excluding hydrogens is 490 g/mol. The van der Waals surface area contributed by atoms with E-state index in [1.165, 1.54) is 11.8 Å². The summed E-state index contributed by atoms with van der Waals surface area (Å²) in [7, 11) is 0. The molecule has 0 amide bonds. The van der Waals surface area contributed by atoms with Gasteiger partial charge in [0.25, 0.3) is 5.56 Å². The van der Waals surface area contributed by atoms with Crippen molar-refractivity contribution in [2.45, 2.75) is 24.4 Å². The lowest BCUT2D eigenvalue weighted by atomic mass is 10.2. The van der Waals surface area contributed by atoms with Crippen LogP contribution in [0.25, 0.3) is 17.2 Å². The third-order valence-electron chi connectivity index (χ3n) is 4.92. The first kappa shape index (κ1) is 20.7. The fraction of sp³-hybridized carbons (Fsp3) is 0.130. The molecule has 32 heavy (non-hydrogen) atoms. The first-order valence-corrected chi connectivity index (χ1v) is 11.7. The number of thioether (sulfide) groups is 1. The van der Waals surface area contributed by atoms with Gasteiger partial charge >= 0.3 is 0 Å². The van der Waals surface area contributed by atoms with Crippen LogP contribution in [0, 0.1) is 6.92 Å². The average molecular weight is 508 g/mol. The second-order valence-corrected chi connectivity index (χ2v) is 9.01. The van der Waals surface area contributed by atoms with Crippen molar-refractivity contribution < 1.29 is 4.42 Å². The highest BCUT2D eigenvalue weighted by atomic mass is 79.9. The Bertz CT molecular complexity index is 1460. The molecule has 0 radical (unpaired) electrons. The summed E-state index contributed by atoms with van der Waals surface area (Å²) < 4.78 is 9.92. The molecule has 5 rings (SSSR count). The lowest BCUT2D eigenvalue weighted by molar-refractivity contribution is 0.545. The van der Waals surface area contributed by atoms with E-state index in [2.05, 4.69) is 43.2 Å². The lowest BCUT2D eigenvalue weighted by Crippen LogP contribution is -2.15. The van der Waals surface area contributed by atoms with Gasteiger partial charge in [0.15, 0.2) is 15.6 Å². The number of furan rings is 1. The molecule has 0 aliphatic heterocycles. The Balaban J connectivity index is 1.47. The van der Waals surface area contributed by atoms with Gasteiger partial charge in [-0.3, -0.25) is 13.8 Å². The van der Waals surface area contributed by atoms with E-state index in [0.717, 1.165) is 16.3 Å². The molecule has 0 unspecified atom stereocenters. The molecule has 160 valence electrons. The molecule has 0 aliphatic rings. The van der Waals surface area contributed by atoms with E-state index >= 15 is 0 Å². The molecule has 7 nitrogen and oxygen atoms in total. The zero-order chi connectivity index (χ0) is 22.1. The second kappa shape index (κ2) is 8.76. The maximum Gasteiger partial charge on any atom is 0.258 e. The van der Waals surface area contributed by atoms with Crippen molar-refractivity contribution in [2.75, 3.05) is 0 Å². The molecule has 4 heterocycles. The number of hydrogen-bond donors (Lipinski definition) is 0. The van der Waals surface area contributed by atoms with Crippen LogP contribution in [0.5, 0.6) is 0 Å². The summed E-state index contributed by atoms with van der Waals surface area (Å²) in [5.74, 6) is 1.77. The van der Waals surface area contributed by atoms with Crippen molar-refractivity contribution in [1.82, 2.24) is 24.1 Å². The van der Waals surface area contributed by atoms with Crippen LogP contribution in [0.1, 0.15) is 16.8 Å². The molecule has 0 aliphatic carbocycles. The maximum atomic E-state index is 12.5. The standard InChI is InChI=1S/C23H18BrN5O2S/c1-15-9-10-28-20(11-15)25-17(12-21(28)30)14-32-23-27-26-22(18-7-8-19(24)31-18)29(23)13-16-5-3-2-4-6-16/h2-12H,13-14H2,1H3. The number of aryl methyl sites for hydroxylation is 1. The number of aromatic nitrogens is 5. The van der Waals surface area contributed by atoms with Crippen molar-refractivity contribution in [3.63, 3.8) is 0 Å². The van der Waals surface area contributed by atoms with E-state index in [4.69, 9.17) is 4.42 Å². The minimum Gasteiger partial charge on any atom is -0.446 e. The SMILES string of the molecule is Cc1ccn2c(=O)cc(CSc3nnc(-c4ccc(Br)o4)n3Cc3ccccc3)nc2c1. The molecule has 9 heteroatoms. The Hall–Kier alpha value is -3.17. The molecule has 1 aromatic carbocycles. The van der Waals surface area contributed by atoms with Gasteiger partial charge in [0.2, 0.25) is 5.82 Å². The van der Waals surface area contributed by atoms with Crippen LogP contribution < -0.4 is 5.56 Å². The minimum atomic E-state index is -0.0996. The van der Waals surface area contributed by atoms with Crippen LogP contribution in [0.2, 0.25) is 0 Å². The van der Waals surface area contributed by atoms with Crippen LogP contribution in [0.15, 0.2) is 85.9 Å². The topological polar surface area (TPSA) is 78.2 Å². The van der Waals surface area contributed by atoms with Crippen LogP contribution >= 0.6 is 27.7 Å². The molecule has 0 bridgehead atoms. The minimum absolute atomic E-state index is 0.0996. The summed E-state index contributed by atoms with van der Waals surface area (Å²) in [6, 6.07) is 19.2. The van der Waals surface area contributed by atoms with Gasteiger partial charge in [0.05, 0.1) is 12.2 Å². The smallest absolute Gasteiger partial charge is 0.258 e. The number of benzene rings is 1. The number of hydrogen-bond acceptors (Lipinski definition) is 6. The first-order valence-electron chi connectivity index (χ1n) is 9.91. The molecule has 0 N–H and O–H groups in total. The van der Waals surface area contributed by atoms with E-state index in [-0.39, 0.29) is 5.56 Å². The number of pyridine rings is 1. The average Bonchev–Trinajstić information content (AvgIpc) is 3.38. The summed E-state index contributed by atoms with van der Waals surface area (Å²) >= 11 is 4.84. The summed E-state index contributed by atoms with van der Waals surface area (Å²) in [6.07, 6.45) is 1.75. The van der Waals surface area contributed by atoms with E-state index in [1.807, 2.05) is 54.0 Å². The van der Waals surface area contributed by atoms with E-state index in [9.17, 15) is 4.79 Å². The van der Waals surface area contributed by atoms with Crippen molar-refractivity contribution in [3.8, 4) is 11.6 Å². The fourth-order valence-electron chi connectivity index (χ4n) is 3.39. The molecule has 0 saturated heterocycles. The zero-order valence-corrected chi connectivity index (χ0v) is 19.5. The van der Waals surface area contributed by atoms with Gasteiger partial charge in [0, 0.05) is 18.0 Å². The largest absolute Gasteiger partial charge is 0.446 e. The summed E-state index contributed by atoms with van der Waals surface area (Å²) in [6.45, 7) is 2.57. The third-order valence-corrected chi connectivity index (χ3v) is 6.35. The van der Waals surface area contributed by atoms with Crippen LogP contribution in [0.3, 0.4) is 0 Å². The normalized spacial score (nSPS) is 11.3. The van der Waals surface area contributed by atoms with Gasteiger partial charge in [-0.2, -0.15) is 0 Å². The monoisotopic (exact) mass is 507 g/mol. The Labute approximate surface area is 196 Å². The predicted molar refractivity (Wildman–Crippen MR) is 127 cm³/mol. The van der Waals surface area contributed by atoms with Gasteiger partial charge in [-0.05, 0) is 58.2 Å². The Morgan fingerprint density at radius 2 is 1.91 bits per heavy atom. The Morgan fingerprint density at radius 1 is 1.06 bits per heavy atom. The molecule has 0 fully saturated rings. The molecule has 0 saturated carbocycles. The van der Waals surface area contributed by atoms with Crippen LogP contribution in [-0.2, 0) is 12.3 Å². The molecule has 0 atom stereocenters. The predicted octanol–water partition coefficient (Wildman–Crippen LogP) is 4.96. The molecule has 5 aromatic rings. The van der Waals surface area contributed by atoms with Crippen LogP contribution in [-0.4, -0.2) is 24.1 Å². The highest BCUT2D eigenvalue weighted by molar-refractivity contribution is 9.10. The number of fused-ring (bicyclic) bond motifs is 1. The zero-order valence-electron chi connectivity index (χ0n) is 17.1. The molecular formula is C23H18BrN5O2S. The van der Waals surface area contributed by atoms with Crippen molar-refractivity contribution in [1.29, 1.82) is 0 Å². The van der Waals surface area contributed by atoms with Crippen molar-refractivity contribution >= 4 is 33.3 Å². The number of rotatable bonds is 6. The number of nitrogens with zero attached hydrogens (tertiary/aromatic N) is 5. The summed E-state index contributed by atoms with van der Waals surface area (Å²) in [5, 5.41) is 9.50. The van der Waals surface area contributed by atoms with E-state index < -0.39 is 0 Å². The van der Waals surface area contributed by atoms with Crippen molar-refractivity contribution in [2.24, 2.45) is 0 Å². The van der Waals surface area contributed by atoms with Crippen LogP contribution in [0.4, 0.5) is 0 Å². The van der Waals surface area contributed by atoms with Gasteiger partial charge < -0.3 is 4.42 Å². The lowest BCUT2D eigenvalue weighted by Gasteiger charge is -2.09. The quantitative estimate of drug-likeness (QED) is 0.302. The van der Waals surface area contributed by atoms with Gasteiger partial charge in [-0.15, -0.1) is 10.2 Å². The third kappa shape index (κ3) is 4.26. The van der Waals surface area contributed by atoms with E-state index in [1.54, 1.807) is 16.7 Å². The molecule has 4 aromatic heterocycles. The Morgan fingerprint density at radius 3 is 2.69 bits per heavy atom. The first-order chi connectivity index (χ1) is 15.6. The van der Waals surface area contributed by atoms with Gasteiger partial charge in [-0.25, -0.2) is 4.98 Å². The maximum absolute atomic E-state index is 12.5. The fourth-order valence-corrected chi connectivity index (χ4v) is 4.52. The van der Waals surface area contributed by atoms with Crippen molar-refractivity contribution in [3.05, 3.63) is 98.7 Å². The van der Waals surface area contributed by atoms with E-state index in [0.29, 0.717) is 39.9 Å². The number of halogens is 1. The summed E-state index contributed by atoms with van der Waals surface area (Å²) in [4.78, 5) is 17.1. The van der Waals surface area contributed by atoms with Gasteiger partial charge in [-0.1, -0.05) is 42.1 Å².